The van der Waals surface area contributed by atoms with Crippen LogP contribution in [-0.4, -0.2) is 55.6 Å². The summed E-state index contributed by atoms with van der Waals surface area (Å²) in [5.41, 5.74) is 13.2. The first-order valence-corrected chi connectivity index (χ1v) is 25.5. The number of aromatic amines is 1. The number of carbonyl (C=O) groups is 1. The molecule has 0 atom stereocenters. The van der Waals surface area contributed by atoms with E-state index in [1.54, 1.807) is 28.9 Å². The summed E-state index contributed by atoms with van der Waals surface area (Å²) in [6.45, 7) is 55.5. The van der Waals surface area contributed by atoms with Crippen molar-refractivity contribution in [2.45, 2.75) is 213 Å². The first-order chi connectivity index (χ1) is 30.5. The molecule has 11 nitrogen and oxygen atoms in total. The number of aldehydes is 1. The van der Waals surface area contributed by atoms with E-state index in [0.29, 0.717) is 0 Å². The van der Waals surface area contributed by atoms with Gasteiger partial charge in [0.1, 0.15) is 12.1 Å². The number of H-pyrrole nitrogens is 1. The van der Waals surface area contributed by atoms with Crippen molar-refractivity contribution in [2.24, 2.45) is 26.6 Å². The molecule has 6 aromatic rings. The molecule has 0 amide bonds. The van der Waals surface area contributed by atoms with E-state index in [1.807, 2.05) is 88.2 Å². The number of thiazole rings is 2. The van der Waals surface area contributed by atoms with Crippen LogP contribution in [0.4, 0.5) is 0 Å². The van der Waals surface area contributed by atoms with E-state index in [0.717, 1.165) is 22.8 Å². The Morgan fingerprint density at radius 2 is 1.16 bits per heavy atom. The molecule has 6 rings (SSSR count). The van der Waals surface area contributed by atoms with Crippen molar-refractivity contribution in [3.8, 4) is 0 Å². The third-order valence-corrected chi connectivity index (χ3v) is 12.5. The Bertz CT molecular complexity index is 2220. The molecule has 0 aliphatic rings. The van der Waals surface area contributed by atoms with Gasteiger partial charge in [0.2, 0.25) is 0 Å². The molecule has 0 saturated carbocycles. The molecule has 0 bridgehead atoms. The van der Waals surface area contributed by atoms with Crippen molar-refractivity contribution in [3.05, 3.63) is 103 Å². The Kier molecular flexibility index (Phi) is 24.0. The molecule has 0 fully saturated rings. The normalized spacial score (nSPS) is 12.0. The summed E-state index contributed by atoms with van der Waals surface area (Å²) >= 11 is 3.44. The number of nitrogens with zero attached hydrogens (tertiary/aromatic N) is 9. The second kappa shape index (κ2) is 25.6. The van der Waals surface area contributed by atoms with Crippen LogP contribution >= 0.6 is 22.7 Å². The molecule has 6 heterocycles. The van der Waals surface area contributed by atoms with E-state index in [-0.39, 0.29) is 37.9 Å². The highest BCUT2D eigenvalue weighted by molar-refractivity contribution is 7.09. The molecule has 1 N–H and O–H groups in total. The zero-order chi connectivity index (χ0) is 53.6. The summed E-state index contributed by atoms with van der Waals surface area (Å²) in [6, 6.07) is 2.00. The minimum Gasteiger partial charge on any atom is -0.335 e. The maximum absolute atomic E-state index is 9.83. The van der Waals surface area contributed by atoms with Crippen molar-refractivity contribution >= 4 is 29.0 Å². The molecular formula is C55H96N10OS2. The van der Waals surface area contributed by atoms with E-state index in [1.165, 1.54) is 44.5 Å². The fourth-order valence-electron chi connectivity index (χ4n) is 6.26. The van der Waals surface area contributed by atoms with E-state index in [2.05, 4.69) is 198 Å². The van der Waals surface area contributed by atoms with Crippen LogP contribution in [0.1, 0.15) is 206 Å². The molecule has 0 aliphatic heterocycles. The lowest BCUT2D eigenvalue weighted by atomic mass is 9.85. The number of aromatic nitrogens is 10. The van der Waals surface area contributed by atoms with E-state index in [9.17, 15) is 4.79 Å². The minimum atomic E-state index is -0.139. The second-order valence-corrected chi connectivity index (χ2v) is 26.7. The van der Waals surface area contributed by atoms with E-state index < -0.39 is 0 Å². The van der Waals surface area contributed by atoms with Crippen LogP contribution in [0.3, 0.4) is 0 Å². The second-order valence-electron chi connectivity index (χ2n) is 24.8. The zero-order valence-electron chi connectivity index (χ0n) is 48.4. The summed E-state index contributed by atoms with van der Waals surface area (Å²) in [4.78, 5) is 23.8. The molecule has 0 radical (unpaired) electrons. The molecular weight excluding hydrogens is 881 g/mol. The monoisotopic (exact) mass is 977 g/mol. The molecule has 0 unspecified atom stereocenters. The maximum atomic E-state index is 9.83. The lowest BCUT2D eigenvalue weighted by molar-refractivity contribution is -0.113. The topological polar surface area (TPSA) is 125 Å². The van der Waals surface area contributed by atoms with Crippen molar-refractivity contribution in [2.75, 3.05) is 0 Å². The van der Waals surface area contributed by atoms with Crippen LogP contribution in [0.2, 0.25) is 0 Å². The van der Waals surface area contributed by atoms with Crippen LogP contribution < -0.4 is 0 Å². The van der Waals surface area contributed by atoms with E-state index >= 15 is 0 Å². The molecule has 13 heteroatoms. The number of imidazole rings is 1. The predicted molar refractivity (Wildman–Crippen MR) is 294 cm³/mol. The molecule has 0 aromatic carbocycles. The van der Waals surface area contributed by atoms with Gasteiger partial charge >= 0.3 is 0 Å². The average Bonchev–Trinajstić information content (AvgIpc) is 4.02. The fourth-order valence-corrected chi connectivity index (χ4v) is 7.81. The highest BCUT2D eigenvalue weighted by Gasteiger charge is 2.23. The van der Waals surface area contributed by atoms with Gasteiger partial charge in [0.25, 0.3) is 0 Å². The van der Waals surface area contributed by atoms with Gasteiger partial charge in [-0.15, -0.1) is 22.7 Å². The quantitative estimate of drug-likeness (QED) is 0.150. The Labute approximate surface area is 422 Å². The van der Waals surface area contributed by atoms with Crippen LogP contribution in [0, 0.1) is 40.0 Å². The third kappa shape index (κ3) is 22.9. The van der Waals surface area contributed by atoms with Crippen LogP contribution in [0.5, 0.6) is 0 Å². The predicted octanol–water partition coefficient (Wildman–Crippen LogP) is 14.5. The Morgan fingerprint density at radius 1 is 0.618 bits per heavy atom. The summed E-state index contributed by atoms with van der Waals surface area (Å²) in [5.74, 6) is 1.08. The highest BCUT2D eigenvalue weighted by Crippen LogP contribution is 2.29. The average molecular weight is 978 g/mol. The summed E-state index contributed by atoms with van der Waals surface area (Å²) in [7, 11) is 6.03. The van der Waals surface area contributed by atoms with Crippen molar-refractivity contribution in [3.63, 3.8) is 0 Å². The van der Waals surface area contributed by atoms with Gasteiger partial charge in [0.15, 0.2) is 0 Å². The third-order valence-electron chi connectivity index (χ3n) is 10.5. The molecule has 0 aliphatic carbocycles. The van der Waals surface area contributed by atoms with Crippen LogP contribution in [0.25, 0.3) is 0 Å². The summed E-state index contributed by atoms with van der Waals surface area (Å²) in [6.07, 6.45) is 8.56. The molecule has 0 saturated heterocycles. The van der Waals surface area contributed by atoms with Gasteiger partial charge in [-0.2, -0.15) is 15.3 Å². The van der Waals surface area contributed by atoms with Gasteiger partial charge in [-0.3, -0.25) is 19.4 Å². The smallest absolute Gasteiger partial charge is 0.125 e. The largest absolute Gasteiger partial charge is 0.335 e. The van der Waals surface area contributed by atoms with Gasteiger partial charge in [-0.25, -0.2) is 9.97 Å². The van der Waals surface area contributed by atoms with Crippen molar-refractivity contribution < 1.29 is 4.79 Å². The number of hydrogen-bond donors (Lipinski definition) is 1. The summed E-state index contributed by atoms with van der Waals surface area (Å²) in [5, 5.41) is 18.7. The van der Waals surface area contributed by atoms with Gasteiger partial charge in [0, 0.05) is 100.0 Å². The molecule has 6 aromatic heterocycles. The van der Waals surface area contributed by atoms with Crippen molar-refractivity contribution in [1.82, 2.24) is 49.3 Å². The minimum absolute atomic E-state index is 0.139. The first-order valence-electron chi connectivity index (χ1n) is 23.7. The highest BCUT2D eigenvalue weighted by atomic mass is 32.1. The number of rotatable bonds is 0. The summed E-state index contributed by atoms with van der Waals surface area (Å²) < 4.78 is 6.01. The van der Waals surface area contributed by atoms with Gasteiger partial charge < -0.3 is 9.36 Å². The zero-order valence-corrected chi connectivity index (χ0v) is 50.0. The fraction of sp³-hybridized carbons (Fsp3) is 0.655. The number of nitrogens with one attached hydrogen (secondary N) is 1. The van der Waals surface area contributed by atoms with Gasteiger partial charge in [-0.05, 0) is 62.5 Å². The number of aryl methyl sites for hydroxylation is 5. The lowest BCUT2D eigenvalue weighted by Gasteiger charge is -2.19. The lowest BCUT2D eigenvalue weighted by Crippen LogP contribution is -2.16. The molecule has 68 heavy (non-hydrogen) atoms. The Hall–Kier alpha value is -4.23. The van der Waals surface area contributed by atoms with Crippen molar-refractivity contribution in [1.29, 1.82) is 0 Å². The molecule has 384 valence electrons. The van der Waals surface area contributed by atoms with Gasteiger partial charge in [0.05, 0.1) is 28.1 Å². The first kappa shape index (κ1) is 63.8. The maximum Gasteiger partial charge on any atom is 0.125 e. The Morgan fingerprint density at radius 3 is 1.34 bits per heavy atom. The van der Waals surface area contributed by atoms with Crippen LogP contribution in [-0.2, 0) is 58.4 Å². The standard InChI is InChI=1S/C10H18N2.2C9H16N2.C8H13NS.C7H12N2.C7H11NS.C5H10O/c1-7-9(10(3,4)5)8(2)12(6)11-7;1-7-10-6-8(11(7)5)9(2,3)4;1-7-8(9(2,3)4)6-10-11(7)5;1-6-9-7(5-10-6)8(2,3)4;1-7(2,3)6-4-5-8-9-6;1-7(2,3)6-4-8-5-9-6;1-5(2,3)4-6/h1-6H3;2*6H,1-5H3;5H,1-4H3;4-5H,1-3H3,(H,8,9);4-5H,1-3H3;4H,1-3H3. The van der Waals surface area contributed by atoms with Crippen LogP contribution in [0.15, 0.2) is 41.7 Å². The molecule has 0 spiro atoms. The number of carbonyl (C=O) groups excluding carboxylic acids is 1. The van der Waals surface area contributed by atoms with E-state index in [4.69, 9.17) is 0 Å². The Balaban J connectivity index is 0.000000776. The van der Waals surface area contributed by atoms with Gasteiger partial charge in [-0.1, -0.05) is 145 Å². The number of hydrogen-bond acceptors (Lipinski definition) is 9. The SMILES string of the molecule is CC(C)(C)C=O.CC(C)(C)c1ccn[nH]1.CC(C)(C)c1cncs1.Cc1c(C(C)(C)C)cnn1C.Cc1nc(C(C)(C)C)cs1.Cc1ncc(C(C)(C)C)n1C.Cc1nn(C)c(C)c1C(C)(C)C.